The number of carbonyl (C=O) groups is 2. The Bertz CT molecular complexity index is 1170. The smallest absolute Gasteiger partial charge is 0.252 e. The van der Waals surface area contributed by atoms with Crippen molar-refractivity contribution in [3.05, 3.63) is 84.2 Å². The summed E-state index contributed by atoms with van der Waals surface area (Å²) in [5.74, 6) is 1.40. The molecule has 1 aliphatic rings. The van der Waals surface area contributed by atoms with E-state index < -0.39 is 0 Å². The second-order valence-electron chi connectivity index (χ2n) is 9.73. The number of rotatable bonds is 10. The Hall–Kier alpha value is -2.97. The fourth-order valence-corrected chi connectivity index (χ4v) is 3.92. The minimum Gasteiger partial charge on any atom is -0.487 e. The molecule has 1 saturated heterocycles. The summed E-state index contributed by atoms with van der Waals surface area (Å²) in [6.07, 6.45) is 6.21. The fourth-order valence-electron chi connectivity index (χ4n) is 3.77. The minimum absolute atomic E-state index is 0.0659. The lowest BCUT2D eigenvalue weighted by molar-refractivity contribution is -0.120. The number of carbonyl (C=O) groups excluding carboxylic acids is 2. The summed E-state index contributed by atoms with van der Waals surface area (Å²) in [4.78, 5) is 33.3. The summed E-state index contributed by atoms with van der Waals surface area (Å²) in [7, 11) is 6.89. The average molecular weight is 612 g/mol. The molecule has 0 spiro atoms. The summed E-state index contributed by atoms with van der Waals surface area (Å²) >= 11 is 1.86. The van der Waals surface area contributed by atoms with Gasteiger partial charge in [0.15, 0.2) is 0 Å². The normalized spacial score (nSPS) is 13.1. The molecule has 0 bridgehead atoms. The van der Waals surface area contributed by atoms with Gasteiger partial charge in [0, 0.05) is 44.5 Å². The molecule has 2 heterocycles. The zero-order valence-corrected chi connectivity index (χ0v) is 27.3. The van der Waals surface area contributed by atoms with Gasteiger partial charge in [0.05, 0.1) is 12.7 Å². The van der Waals surface area contributed by atoms with Crippen LogP contribution in [0.4, 0.5) is 0 Å². The lowest BCUT2D eigenvalue weighted by Crippen LogP contribution is -2.42. The number of benzene rings is 2. The minimum atomic E-state index is -0.297. The molecule has 42 heavy (non-hydrogen) atoms. The average Bonchev–Trinajstić information content (AvgIpc) is 3.04. The van der Waals surface area contributed by atoms with E-state index in [4.69, 9.17) is 4.74 Å². The van der Waals surface area contributed by atoms with Crippen molar-refractivity contribution >= 4 is 32.8 Å². The Morgan fingerprint density at radius 2 is 1.64 bits per heavy atom. The van der Waals surface area contributed by atoms with Crippen molar-refractivity contribution in [2.75, 3.05) is 71.5 Å². The van der Waals surface area contributed by atoms with E-state index >= 15 is 0 Å². The van der Waals surface area contributed by atoms with Crippen molar-refractivity contribution in [3.8, 4) is 16.9 Å². The lowest BCUT2D eigenvalue weighted by Gasteiger charge is -2.28. The van der Waals surface area contributed by atoms with E-state index in [0.29, 0.717) is 24.5 Å². The summed E-state index contributed by atoms with van der Waals surface area (Å²) in [5, 5.41) is 5.43. The number of hydrogen-bond donors (Lipinski definition) is 2. The Morgan fingerprint density at radius 1 is 0.976 bits per heavy atom. The molecule has 1 fully saturated rings. The predicted molar refractivity (Wildman–Crippen MR) is 179 cm³/mol. The molecule has 228 valence electrons. The van der Waals surface area contributed by atoms with Crippen LogP contribution in [-0.2, 0) is 11.4 Å². The molecule has 1 atom stereocenters. The fraction of sp³-hybridized carbons (Fsp3) is 0.406. The van der Waals surface area contributed by atoms with E-state index in [9.17, 15) is 9.59 Å². The first-order valence-electron chi connectivity index (χ1n) is 14.2. The van der Waals surface area contributed by atoms with Gasteiger partial charge in [-0.05, 0) is 73.2 Å². The van der Waals surface area contributed by atoms with Crippen molar-refractivity contribution in [2.24, 2.45) is 0 Å². The van der Waals surface area contributed by atoms with Crippen LogP contribution in [0.1, 0.15) is 22.8 Å². The van der Waals surface area contributed by atoms with Crippen LogP contribution in [0.5, 0.6) is 5.75 Å². The molecule has 1 unspecified atom stereocenters. The van der Waals surface area contributed by atoms with Crippen molar-refractivity contribution in [1.29, 1.82) is 0 Å². The van der Waals surface area contributed by atoms with Crippen LogP contribution >= 0.6 is 21.0 Å². The second-order valence-corrected chi connectivity index (χ2v) is 11.5. The van der Waals surface area contributed by atoms with Crippen molar-refractivity contribution < 1.29 is 14.3 Å². The van der Waals surface area contributed by atoms with Gasteiger partial charge in [-0.2, -0.15) is 11.8 Å². The number of amides is 2. The molecular weight excluding hydrogens is 565 g/mol. The van der Waals surface area contributed by atoms with Gasteiger partial charge in [0.2, 0.25) is 5.91 Å². The Balaban J connectivity index is 0.000000427. The van der Waals surface area contributed by atoms with Crippen LogP contribution in [0, 0.1) is 0 Å². The van der Waals surface area contributed by atoms with Crippen LogP contribution in [-0.4, -0.2) is 98.1 Å². The number of piperazine rings is 1. The van der Waals surface area contributed by atoms with Gasteiger partial charge in [-0.25, -0.2) is 0 Å². The number of nitrogens with zero attached hydrogens (tertiary/aromatic N) is 3. The van der Waals surface area contributed by atoms with Gasteiger partial charge < -0.3 is 25.2 Å². The number of pyridine rings is 1. The summed E-state index contributed by atoms with van der Waals surface area (Å²) in [6.45, 7) is 7.92. The number of thioether (sulfide) groups is 1. The molecule has 10 heteroatoms. The van der Waals surface area contributed by atoms with Crippen LogP contribution in [0.15, 0.2) is 73.1 Å². The SMILES string of the molecule is CCSC.CN1CCN(C)CC1.O=C(CNC(=O)c1ccc(COc2cccnc2)cc1-c1ccccc1)NCCP. The van der Waals surface area contributed by atoms with E-state index in [-0.39, 0.29) is 18.4 Å². The van der Waals surface area contributed by atoms with Gasteiger partial charge in [0.25, 0.3) is 5.91 Å². The summed E-state index contributed by atoms with van der Waals surface area (Å²) < 4.78 is 5.78. The summed E-state index contributed by atoms with van der Waals surface area (Å²) in [5.41, 5.74) is 3.13. The molecule has 2 amide bonds. The molecule has 8 nitrogen and oxygen atoms in total. The maximum Gasteiger partial charge on any atom is 0.252 e. The third kappa shape index (κ3) is 13.8. The Morgan fingerprint density at radius 3 is 2.21 bits per heavy atom. The Kier molecular flexibility index (Phi) is 17.5. The van der Waals surface area contributed by atoms with E-state index in [1.165, 1.54) is 31.9 Å². The highest BCUT2D eigenvalue weighted by Crippen LogP contribution is 2.26. The third-order valence-electron chi connectivity index (χ3n) is 6.34. The highest BCUT2D eigenvalue weighted by Gasteiger charge is 2.15. The maximum absolute atomic E-state index is 12.8. The van der Waals surface area contributed by atoms with Crippen molar-refractivity contribution in [3.63, 3.8) is 0 Å². The first-order valence-corrected chi connectivity index (χ1v) is 16.4. The summed E-state index contributed by atoms with van der Waals surface area (Å²) in [6, 6.07) is 18.9. The zero-order valence-electron chi connectivity index (χ0n) is 25.3. The molecule has 2 N–H and O–H groups in total. The van der Waals surface area contributed by atoms with Crippen molar-refractivity contribution in [1.82, 2.24) is 25.4 Å². The van der Waals surface area contributed by atoms with Crippen LogP contribution in [0.3, 0.4) is 0 Å². The molecular formula is C32H46N5O3PS. The molecule has 0 saturated carbocycles. The van der Waals surface area contributed by atoms with Crippen LogP contribution in [0.25, 0.3) is 11.1 Å². The molecule has 0 aliphatic carbocycles. The number of ether oxygens (including phenoxy) is 1. The number of hydrogen-bond acceptors (Lipinski definition) is 7. The van der Waals surface area contributed by atoms with Gasteiger partial charge in [-0.15, -0.1) is 9.24 Å². The first-order chi connectivity index (χ1) is 20.4. The predicted octanol–water partition coefficient (Wildman–Crippen LogP) is 4.28. The quantitative estimate of drug-likeness (QED) is 0.331. The standard InChI is InChI=1S/C23H24N3O3P.C6H14N2.C3H8S/c27-22(25-11-12-30)15-26-23(28)20-9-8-17(16-29-19-7-4-10-24-14-19)13-21(20)18-5-2-1-3-6-18;1-7-3-5-8(2)6-4-7;1-3-4-2/h1-10,13-14H,11-12,15-16,30H2,(H,25,27)(H,26,28);3-6H2,1-2H3;3H2,1-2H3. The maximum atomic E-state index is 12.8. The van der Waals surface area contributed by atoms with Gasteiger partial charge in [-0.3, -0.25) is 14.6 Å². The molecule has 2 aromatic carbocycles. The largest absolute Gasteiger partial charge is 0.487 e. The highest BCUT2D eigenvalue weighted by atomic mass is 32.2. The van der Waals surface area contributed by atoms with Crippen LogP contribution < -0.4 is 15.4 Å². The van der Waals surface area contributed by atoms with E-state index in [2.05, 4.69) is 61.9 Å². The number of likely N-dealkylation sites (N-methyl/N-ethyl adjacent to an activating group) is 2. The second kappa shape index (κ2) is 20.8. The van der Waals surface area contributed by atoms with Crippen LogP contribution in [0.2, 0.25) is 0 Å². The molecule has 1 aromatic heterocycles. The van der Waals surface area contributed by atoms with E-state index in [0.717, 1.165) is 22.9 Å². The van der Waals surface area contributed by atoms with E-state index in [1.54, 1.807) is 18.5 Å². The number of aromatic nitrogens is 1. The topological polar surface area (TPSA) is 86.8 Å². The molecule has 0 radical (unpaired) electrons. The lowest BCUT2D eigenvalue weighted by atomic mass is 9.97. The van der Waals surface area contributed by atoms with Gasteiger partial charge in [-0.1, -0.05) is 43.3 Å². The van der Waals surface area contributed by atoms with Gasteiger partial charge >= 0.3 is 0 Å². The monoisotopic (exact) mass is 611 g/mol. The Labute approximate surface area is 258 Å². The highest BCUT2D eigenvalue weighted by molar-refractivity contribution is 7.98. The first kappa shape index (κ1) is 35.2. The number of nitrogens with one attached hydrogen (secondary N) is 2. The van der Waals surface area contributed by atoms with E-state index in [1.807, 2.05) is 66.4 Å². The van der Waals surface area contributed by atoms with Crippen molar-refractivity contribution in [2.45, 2.75) is 13.5 Å². The third-order valence-corrected chi connectivity index (χ3v) is 7.21. The van der Waals surface area contributed by atoms with Gasteiger partial charge in [0.1, 0.15) is 12.4 Å². The molecule has 1 aliphatic heterocycles. The zero-order chi connectivity index (χ0) is 30.6. The molecule has 3 aromatic rings. The molecule has 4 rings (SSSR count).